The fourth-order valence-corrected chi connectivity index (χ4v) is 5.42. The van der Waals surface area contributed by atoms with Gasteiger partial charge in [-0.25, -0.2) is 4.39 Å². The Morgan fingerprint density at radius 1 is 1.11 bits per heavy atom. The Bertz CT molecular complexity index is 1250. The summed E-state index contributed by atoms with van der Waals surface area (Å²) < 4.78 is 57.5. The van der Waals surface area contributed by atoms with E-state index in [-0.39, 0.29) is 31.6 Å². The quantitative estimate of drug-likeness (QED) is 0.204. The van der Waals surface area contributed by atoms with Gasteiger partial charge in [-0.2, -0.15) is 13.2 Å². The standard InChI is InChI=1S/C30H30Cl3F4N/c1-17(2)23-7-6-20(12-22(23)16-29(9-10-29)18(3)38-11-8-19-4-5-19)27(34)15-24(30(35,36)37)21-13-25(31)28(33)26(32)14-21/h6-7,12-15,19,24,38H,1,3-5,8-11,16H2,2H3/b27-15-. The lowest BCUT2D eigenvalue weighted by Gasteiger charge is -2.23. The fourth-order valence-electron chi connectivity index (χ4n) is 4.80. The van der Waals surface area contributed by atoms with Gasteiger partial charge in [-0.15, -0.1) is 0 Å². The smallest absolute Gasteiger partial charge is 0.388 e. The molecule has 2 aromatic rings. The Morgan fingerprint density at radius 3 is 2.26 bits per heavy atom. The highest BCUT2D eigenvalue weighted by Gasteiger charge is 2.46. The summed E-state index contributed by atoms with van der Waals surface area (Å²) in [6, 6.07) is 6.95. The predicted octanol–water partition coefficient (Wildman–Crippen LogP) is 10.6. The number of hydrogen-bond donors (Lipinski definition) is 1. The molecule has 2 aliphatic rings. The molecule has 1 atom stereocenters. The largest absolute Gasteiger partial charge is 0.399 e. The Hall–Kier alpha value is -1.95. The maximum absolute atomic E-state index is 15.5. The third-order valence-electron chi connectivity index (χ3n) is 7.48. The van der Waals surface area contributed by atoms with E-state index in [1.165, 1.54) is 18.9 Å². The molecule has 0 bridgehead atoms. The Labute approximate surface area is 236 Å². The van der Waals surface area contributed by atoms with Crippen LogP contribution in [0.3, 0.4) is 0 Å². The van der Waals surface area contributed by atoms with Gasteiger partial charge in [0.1, 0.15) is 11.7 Å². The molecule has 1 unspecified atom stereocenters. The van der Waals surface area contributed by atoms with Crippen LogP contribution in [0.15, 0.2) is 55.3 Å². The van der Waals surface area contributed by atoms with Crippen molar-refractivity contribution in [2.45, 2.75) is 57.5 Å². The van der Waals surface area contributed by atoms with Crippen LogP contribution >= 0.6 is 34.8 Å². The molecule has 2 aliphatic carbocycles. The molecule has 0 saturated heterocycles. The van der Waals surface area contributed by atoms with Crippen LogP contribution < -0.4 is 5.32 Å². The molecule has 4 rings (SSSR count). The molecule has 0 spiro atoms. The second-order valence-electron chi connectivity index (χ2n) is 10.6. The Balaban J connectivity index is 1.62. The zero-order valence-corrected chi connectivity index (χ0v) is 23.4. The highest BCUT2D eigenvalue weighted by Crippen LogP contribution is 2.53. The first kappa shape index (κ1) is 29.0. The molecule has 0 heterocycles. The third-order valence-corrected chi connectivity index (χ3v) is 8.68. The van der Waals surface area contributed by atoms with Crippen LogP contribution in [-0.4, -0.2) is 12.7 Å². The molecule has 38 heavy (non-hydrogen) atoms. The van der Waals surface area contributed by atoms with Gasteiger partial charge in [0, 0.05) is 23.2 Å². The normalized spacial score (nSPS) is 17.7. The topological polar surface area (TPSA) is 12.0 Å². The van der Waals surface area contributed by atoms with E-state index in [0.717, 1.165) is 66.3 Å². The number of benzene rings is 2. The molecule has 2 fully saturated rings. The average Bonchev–Trinajstić information content (AvgIpc) is 3.76. The molecular formula is C30H30Cl3F4N. The van der Waals surface area contributed by atoms with Crippen LogP contribution in [0.5, 0.6) is 0 Å². The predicted molar refractivity (Wildman–Crippen MR) is 150 cm³/mol. The first-order chi connectivity index (χ1) is 17.8. The number of hydrogen-bond acceptors (Lipinski definition) is 1. The summed E-state index contributed by atoms with van der Waals surface area (Å²) in [5.41, 5.74) is 3.10. The molecule has 0 aromatic heterocycles. The van der Waals surface area contributed by atoms with E-state index < -0.39 is 17.9 Å². The summed E-state index contributed by atoms with van der Waals surface area (Å²) in [6.45, 7) is 11.1. The molecule has 1 N–H and O–H groups in total. The third kappa shape index (κ3) is 6.78. The van der Waals surface area contributed by atoms with Crippen LogP contribution in [0.1, 0.15) is 67.2 Å². The molecule has 2 saturated carbocycles. The Kier molecular flexibility index (Phi) is 8.61. The molecule has 0 aliphatic heterocycles. The summed E-state index contributed by atoms with van der Waals surface area (Å²) in [7, 11) is 0. The van der Waals surface area contributed by atoms with Crippen LogP contribution in [-0.2, 0) is 6.42 Å². The van der Waals surface area contributed by atoms with E-state index in [9.17, 15) is 13.2 Å². The van der Waals surface area contributed by atoms with Gasteiger partial charge < -0.3 is 5.32 Å². The summed E-state index contributed by atoms with van der Waals surface area (Å²) in [6.07, 6.45) is 2.00. The number of halogens is 7. The zero-order valence-electron chi connectivity index (χ0n) is 21.1. The summed E-state index contributed by atoms with van der Waals surface area (Å²) in [4.78, 5) is 0. The van der Waals surface area contributed by atoms with E-state index in [2.05, 4.69) is 18.5 Å². The van der Waals surface area contributed by atoms with Gasteiger partial charge in [0.05, 0.1) is 15.1 Å². The minimum absolute atomic E-state index is 0.0555. The number of rotatable bonds is 11. The van der Waals surface area contributed by atoms with Gasteiger partial charge in [0.25, 0.3) is 0 Å². The van der Waals surface area contributed by atoms with Crippen molar-refractivity contribution >= 4 is 46.2 Å². The first-order valence-corrected chi connectivity index (χ1v) is 13.7. The minimum atomic E-state index is -4.78. The van der Waals surface area contributed by atoms with Gasteiger partial charge in [-0.3, -0.25) is 0 Å². The van der Waals surface area contributed by atoms with Gasteiger partial charge in [-0.1, -0.05) is 78.5 Å². The SMILES string of the molecule is C=C(C)c1ccc(/C(F)=C/C(c2cc(Cl)c(Cl)c(Cl)c2)C(F)(F)F)cc1CC1(C(=C)NCCC2CC2)CC1. The van der Waals surface area contributed by atoms with Crippen molar-refractivity contribution in [2.75, 3.05) is 6.54 Å². The van der Waals surface area contributed by atoms with Crippen molar-refractivity contribution < 1.29 is 17.6 Å². The Morgan fingerprint density at radius 2 is 1.74 bits per heavy atom. The van der Waals surface area contributed by atoms with E-state index in [1.54, 1.807) is 12.1 Å². The molecule has 0 radical (unpaired) electrons. The monoisotopic (exact) mass is 585 g/mol. The summed E-state index contributed by atoms with van der Waals surface area (Å²) in [5.74, 6) is -2.44. The van der Waals surface area contributed by atoms with E-state index in [1.807, 2.05) is 6.92 Å². The van der Waals surface area contributed by atoms with E-state index in [4.69, 9.17) is 34.8 Å². The second-order valence-corrected chi connectivity index (χ2v) is 11.8. The summed E-state index contributed by atoms with van der Waals surface area (Å²) >= 11 is 17.8. The first-order valence-electron chi connectivity index (χ1n) is 12.6. The van der Waals surface area contributed by atoms with Crippen molar-refractivity contribution in [3.05, 3.63) is 92.6 Å². The van der Waals surface area contributed by atoms with Crippen LogP contribution in [0.4, 0.5) is 17.6 Å². The van der Waals surface area contributed by atoms with Crippen LogP contribution in [0.2, 0.25) is 15.1 Å². The fraction of sp³-hybridized carbons (Fsp3) is 0.400. The minimum Gasteiger partial charge on any atom is -0.388 e. The van der Waals surface area contributed by atoms with Crippen molar-refractivity contribution in [3.8, 4) is 0 Å². The molecule has 204 valence electrons. The number of allylic oxidation sites excluding steroid dienone is 3. The van der Waals surface area contributed by atoms with Gasteiger partial charge in [0.15, 0.2) is 0 Å². The van der Waals surface area contributed by atoms with Crippen LogP contribution in [0.25, 0.3) is 11.4 Å². The maximum Gasteiger partial charge on any atom is 0.399 e. The van der Waals surface area contributed by atoms with Crippen LogP contribution in [0, 0.1) is 11.3 Å². The molecule has 2 aromatic carbocycles. The van der Waals surface area contributed by atoms with E-state index >= 15 is 4.39 Å². The van der Waals surface area contributed by atoms with Crippen molar-refractivity contribution in [1.29, 1.82) is 0 Å². The van der Waals surface area contributed by atoms with E-state index in [0.29, 0.717) is 12.5 Å². The molecular weight excluding hydrogens is 557 g/mol. The molecule has 1 nitrogen and oxygen atoms in total. The number of nitrogens with one attached hydrogen (secondary N) is 1. The lowest BCUT2D eigenvalue weighted by Crippen LogP contribution is -2.24. The zero-order chi connectivity index (χ0) is 27.8. The van der Waals surface area contributed by atoms with Gasteiger partial charge >= 0.3 is 6.18 Å². The van der Waals surface area contributed by atoms with Crippen molar-refractivity contribution in [1.82, 2.24) is 5.32 Å². The van der Waals surface area contributed by atoms with Crippen molar-refractivity contribution in [2.24, 2.45) is 11.3 Å². The highest BCUT2D eigenvalue weighted by molar-refractivity contribution is 6.48. The van der Waals surface area contributed by atoms with Crippen molar-refractivity contribution in [3.63, 3.8) is 0 Å². The lowest BCUT2D eigenvalue weighted by atomic mass is 9.87. The second kappa shape index (κ2) is 11.3. The maximum atomic E-state index is 15.5. The van der Waals surface area contributed by atoms with Gasteiger partial charge in [-0.05, 0) is 79.5 Å². The lowest BCUT2D eigenvalue weighted by molar-refractivity contribution is -0.139. The highest BCUT2D eigenvalue weighted by atomic mass is 35.5. The average molecular weight is 587 g/mol. The molecule has 8 heteroatoms. The molecule has 0 amide bonds. The van der Waals surface area contributed by atoms with Gasteiger partial charge in [0.2, 0.25) is 0 Å². The number of alkyl halides is 3. The summed E-state index contributed by atoms with van der Waals surface area (Å²) in [5, 5.41) is 3.16.